The third-order valence-corrected chi connectivity index (χ3v) is 14.2. The minimum Gasteiger partial charge on any atom is -0.497 e. The molecule has 10 rings (SSSR count). The van der Waals surface area contributed by atoms with Crippen LogP contribution in [0.5, 0.6) is 17.2 Å². The van der Waals surface area contributed by atoms with Gasteiger partial charge in [-0.2, -0.15) is 5.10 Å². The Kier molecular flexibility index (Phi) is 13.5. The predicted octanol–water partition coefficient (Wildman–Crippen LogP) is 7.73. The minimum absolute atomic E-state index is 0.0369. The zero-order chi connectivity index (χ0) is 48.3. The first-order valence-corrected chi connectivity index (χ1v) is 24.0. The molecule has 0 bridgehead atoms. The van der Waals surface area contributed by atoms with E-state index in [2.05, 4.69) is 73.8 Å². The highest BCUT2D eigenvalue weighted by Gasteiger charge is 2.40. The number of hydrogen-bond donors (Lipinski definition) is 2. The smallest absolute Gasteiger partial charge is 0.255 e. The molecule has 1 saturated carbocycles. The molecular weight excluding hydrogens is 897 g/mol. The van der Waals surface area contributed by atoms with Crippen LogP contribution in [0, 0.1) is 17.6 Å². The lowest BCUT2D eigenvalue weighted by molar-refractivity contribution is -0.136. The number of amides is 4. The number of halogens is 2. The van der Waals surface area contributed by atoms with Crippen LogP contribution in [0.2, 0.25) is 0 Å². The maximum atomic E-state index is 14.9. The van der Waals surface area contributed by atoms with Crippen LogP contribution in [-0.2, 0) is 35.9 Å². The number of hydrogen-bond acceptors (Lipinski definition) is 10. The number of aromatic nitrogens is 2. The molecule has 0 radical (unpaired) electrons. The van der Waals surface area contributed by atoms with Crippen molar-refractivity contribution in [1.82, 2.24) is 30.2 Å². The average molecular weight is 952 g/mol. The fourth-order valence-electron chi connectivity index (χ4n) is 10.1. The fraction of sp³-hybridized carbons (Fsp3) is 0.352. The highest BCUT2D eigenvalue weighted by Crippen LogP contribution is 2.36. The lowest BCUT2D eigenvalue weighted by Crippen LogP contribution is -2.52. The number of ether oxygens (including phenoxy) is 3. The number of nitrogens with one attached hydrogen (secondary N) is 2. The maximum Gasteiger partial charge on any atom is 0.255 e. The lowest BCUT2D eigenvalue weighted by atomic mass is 9.86. The SMILES string of the molecule is COc1ccc(COc2c(F)cc(C(=O)NCC3CCC(n4cc5ccc(N6CCN(Cc7ccc(COc8cccc9c8CN(C8CCC(=O)NC8=O)C9=O)cc7)CC6)cc5n4)CC3)cc2F)cc1. The number of carbonyl (C=O) groups excluding carboxylic acids is 4. The van der Waals surface area contributed by atoms with Gasteiger partial charge < -0.3 is 29.3 Å². The van der Waals surface area contributed by atoms with E-state index in [9.17, 15) is 28.0 Å². The predicted molar refractivity (Wildman–Crippen MR) is 257 cm³/mol. The summed E-state index contributed by atoms with van der Waals surface area (Å²) in [5.74, 6) is -2.35. The van der Waals surface area contributed by atoms with Crippen LogP contribution in [0.4, 0.5) is 14.5 Å². The van der Waals surface area contributed by atoms with Crippen LogP contribution in [0.15, 0.2) is 103 Å². The van der Waals surface area contributed by atoms with Crippen LogP contribution in [0.1, 0.15) is 87.5 Å². The number of anilines is 1. The van der Waals surface area contributed by atoms with Gasteiger partial charge in [-0.05, 0) is 109 Å². The average Bonchev–Trinajstić information content (AvgIpc) is 3.96. The number of methoxy groups -OCH3 is 1. The second kappa shape index (κ2) is 20.3. The van der Waals surface area contributed by atoms with E-state index in [0.29, 0.717) is 36.6 Å². The Morgan fingerprint density at radius 1 is 0.800 bits per heavy atom. The Morgan fingerprint density at radius 2 is 1.50 bits per heavy atom. The van der Waals surface area contributed by atoms with E-state index in [1.54, 1.807) is 43.5 Å². The zero-order valence-corrected chi connectivity index (χ0v) is 39.0. The monoisotopic (exact) mass is 951 g/mol. The van der Waals surface area contributed by atoms with Gasteiger partial charge in [-0.3, -0.25) is 34.1 Å². The molecule has 16 heteroatoms. The number of rotatable bonds is 15. The van der Waals surface area contributed by atoms with Crippen molar-refractivity contribution in [2.75, 3.05) is 44.7 Å². The molecule has 3 fully saturated rings. The Morgan fingerprint density at radius 3 is 2.21 bits per heavy atom. The molecule has 4 heterocycles. The van der Waals surface area contributed by atoms with Gasteiger partial charge in [0.25, 0.3) is 11.8 Å². The summed E-state index contributed by atoms with van der Waals surface area (Å²) in [7, 11) is 1.56. The van der Waals surface area contributed by atoms with Crippen molar-refractivity contribution in [2.45, 2.75) is 76.9 Å². The van der Waals surface area contributed by atoms with Gasteiger partial charge in [0.2, 0.25) is 11.8 Å². The summed E-state index contributed by atoms with van der Waals surface area (Å²) >= 11 is 0. The number of piperidine rings is 1. The van der Waals surface area contributed by atoms with E-state index in [-0.39, 0.29) is 48.9 Å². The molecule has 1 unspecified atom stereocenters. The summed E-state index contributed by atoms with van der Waals surface area (Å²) in [6, 6.07) is 28.9. The molecule has 0 spiro atoms. The number of fused-ring (bicyclic) bond motifs is 2. The van der Waals surface area contributed by atoms with Gasteiger partial charge in [0.15, 0.2) is 17.4 Å². The standard InChI is InChI=1S/C54H55F2N7O7/c1-68-42-17-11-37(12-18-42)33-70-51-45(55)25-39(26-46(51)56)52(65)57-28-34-9-14-40(15-10-34)63-30-38-13-16-41(27-47(38)59-63)61-23-21-60(22-24-61)29-35-5-7-36(8-6-35)32-69-49-4-2-3-43-44(49)31-62(54(43)67)48-19-20-50(64)58-53(48)66/h2-8,11-13,16-18,25-27,30,34,40,48H,9-10,14-15,19-24,28-29,31-33H2,1H3,(H,57,65)(H,58,64,66). The summed E-state index contributed by atoms with van der Waals surface area (Å²) in [6.45, 7) is 5.48. The molecule has 1 aliphatic carbocycles. The molecule has 1 atom stereocenters. The van der Waals surface area contributed by atoms with E-state index in [0.717, 1.165) is 104 Å². The van der Waals surface area contributed by atoms with Crippen LogP contribution >= 0.6 is 0 Å². The van der Waals surface area contributed by atoms with Gasteiger partial charge in [-0.25, -0.2) is 8.78 Å². The molecular formula is C54H55F2N7O7. The van der Waals surface area contributed by atoms with Crippen molar-refractivity contribution in [2.24, 2.45) is 5.92 Å². The van der Waals surface area contributed by atoms with E-state index >= 15 is 0 Å². The van der Waals surface area contributed by atoms with Crippen LogP contribution in [-0.4, -0.2) is 89.1 Å². The second-order valence-electron chi connectivity index (χ2n) is 18.7. The Hall–Kier alpha value is -7.33. The normalized spacial score (nSPS) is 19.5. The van der Waals surface area contributed by atoms with Crippen LogP contribution < -0.4 is 29.7 Å². The van der Waals surface area contributed by atoms with Gasteiger partial charge in [0.1, 0.15) is 30.8 Å². The highest BCUT2D eigenvalue weighted by molar-refractivity contribution is 6.05. The van der Waals surface area contributed by atoms with Crippen LogP contribution in [0.25, 0.3) is 10.9 Å². The minimum atomic E-state index is -0.931. The molecule has 5 aromatic carbocycles. The summed E-state index contributed by atoms with van der Waals surface area (Å²) < 4.78 is 48.7. The van der Waals surface area contributed by atoms with Crippen molar-refractivity contribution in [3.05, 3.63) is 148 Å². The number of piperazine rings is 1. The molecule has 14 nitrogen and oxygen atoms in total. The first-order chi connectivity index (χ1) is 34.0. The summed E-state index contributed by atoms with van der Waals surface area (Å²) in [4.78, 5) is 56.8. The van der Waals surface area contributed by atoms with Crippen molar-refractivity contribution in [3.8, 4) is 17.2 Å². The van der Waals surface area contributed by atoms with Gasteiger partial charge in [-0.1, -0.05) is 42.5 Å². The fourth-order valence-corrected chi connectivity index (χ4v) is 10.1. The number of nitrogens with zero attached hydrogens (tertiary/aromatic N) is 5. The van der Waals surface area contributed by atoms with E-state index < -0.39 is 35.2 Å². The summed E-state index contributed by atoms with van der Waals surface area (Å²) in [5.41, 5.74) is 6.27. The molecule has 2 saturated heterocycles. The molecule has 6 aromatic rings. The van der Waals surface area contributed by atoms with Crippen molar-refractivity contribution < 1.29 is 42.2 Å². The molecule has 70 heavy (non-hydrogen) atoms. The van der Waals surface area contributed by atoms with Gasteiger partial charge in [-0.15, -0.1) is 0 Å². The van der Waals surface area contributed by atoms with Crippen molar-refractivity contribution in [3.63, 3.8) is 0 Å². The summed E-state index contributed by atoms with van der Waals surface area (Å²) in [5, 5.41) is 11.4. The quantitative estimate of drug-likeness (QED) is 0.0981. The molecule has 2 N–H and O–H groups in total. The molecule has 362 valence electrons. The van der Waals surface area contributed by atoms with E-state index in [1.807, 2.05) is 6.07 Å². The van der Waals surface area contributed by atoms with Gasteiger partial charge >= 0.3 is 0 Å². The maximum absolute atomic E-state index is 14.9. The molecule has 1 aromatic heterocycles. The first kappa shape index (κ1) is 46.4. The second-order valence-corrected chi connectivity index (χ2v) is 18.7. The lowest BCUT2D eigenvalue weighted by Gasteiger charge is -2.36. The number of imide groups is 1. The number of carbonyl (C=O) groups is 4. The first-order valence-electron chi connectivity index (χ1n) is 24.0. The van der Waals surface area contributed by atoms with Crippen molar-refractivity contribution in [1.29, 1.82) is 0 Å². The molecule has 4 aliphatic rings. The zero-order valence-electron chi connectivity index (χ0n) is 39.0. The number of benzene rings is 5. The Balaban J connectivity index is 0.656. The van der Waals surface area contributed by atoms with Gasteiger partial charge in [0, 0.05) is 79.7 Å². The Bertz CT molecular complexity index is 2890. The van der Waals surface area contributed by atoms with E-state index in [1.165, 1.54) is 10.5 Å². The van der Waals surface area contributed by atoms with Gasteiger partial charge in [0.05, 0.1) is 25.2 Å². The summed E-state index contributed by atoms with van der Waals surface area (Å²) in [6.07, 6.45) is 6.27. The van der Waals surface area contributed by atoms with Crippen molar-refractivity contribution >= 4 is 40.2 Å². The third-order valence-electron chi connectivity index (χ3n) is 14.2. The van der Waals surface area contributed by atoms with Crippen LogP contribution in [0.3, 0.4) is 0 Å². The van der Waals surface area contributed by atoms with E-state index in [4.69, 9.17) is 19.3 Å². The Labute approximate surface area is 404 Å². The largest absolute Gasteiger partial charge is 0.497 e. The molecule has 3 aliphatic heterocycles. The third kappa shape index (κ3) is 10.2. The molecule has 4 amide bonds. The highest BCUT2D eigenvalue weighted by atomic mass is 19.1. The topological polar surface area (TPSA) is 148 Å².